The van der Waals surface area contributed by atoms with E-state index >= 15 is 0 Å². The van der Waals surface area contributed by atoms with Crippen LogP contribution in [0.3, 0.4) is 0 Å². The minimum absolute atomic E-state index is 0. The van der Waals surface area contributed by atoms with Crippen LogP contribution in [0.15, 0.2) is 47.4 Å². The summed E-state index contributed by atoms with van der Waals surface area (Å²) >= 11 is 7.19. The van der Waals surface area contributed by atoms with Gasteiger partial charge in [-0.15, -0.1) is 12.4 Å². The number of hydrogen-bond acceptors (Lipinski definition) is 7. The van der Waals surface area contributed by atoms with E-state index in [-0.39, 0.29) is 29.8 Å². The van der Waals surface area contributed by atoms with Crippen molar-refractivity contribution in [2.24, 2.45) is 0 Å². The topological polar surface area (TPSA) is 79.8 Å². The highest BCUT2D eigenvalue weighted by Crippen LogP contribution is 2.32. The molecule has 2 aromatic carbocycles. The monoisotopic (exact) mass is 531 g/mol. The van der Waals surface area contributed by atoms with Gasteiger partial charge in [0.1, 0.15) is 11.3 Å². The van der Waals surface area contributed by atoms with E-state index in [1.54, 1.807) is 35.2 Å². The molecule has 0 radical (unpaired) electrons. The highest BCUT2D eigenvalue weighted by molar-refractivity contribution is 7.91. The van der Waals surface area contributed by atoms with E-state index in [1.807, 2.05) is 6.07 Å². The summed E-state index contributed by atoms with van der Waals surface area (Å²) < 4.78 is 30.7. The lowest BCUT2D eigenvalue weighted by molar-refractivity contribution is -0.120. The number of hydrogen-bond donors (Lipinski definition) is 0. The van der Waals surface area contributed by atoms with E-state index in [4.69, 9.17) is 16.3 Å². The zero-order valence-corrected chi connectivity index (χ0v) is 21.9. The number of halogens is 2. The first-order valence-electron chi connectivity index (χ1n) is 10.2. The molecule has 11 heteroatoms. The number of carbonyl (C=O) groups excluding carboxylic acids is 1. The van der Waals surface area contributed by atoms with Crippen molar-refractivity contribution in [3.05, 3.63) is 47.5 Å². The van der Waals surface area contributed by atoms with E-state index in [0.717, 1.165) is 19.3 Å². The summed E-state index contributed by atoms with van der Waals surface area (Å²) in [5, 5.41) is 1.04. The van der Waals surface area contributed by atoms with Crippen LogP contribution < -0.4 is 9.64 Å². The SMILES string of the molecule is CCN(CC)CCN(C(=O)COc1ccc(Cl)cc1)c1nc2c(S(C)(=O)=O)cccc2s1.Cl. The molecule has 1 amide bonds. The van der Waals surface area contributed by atoms with Crippen molar-refractivity contribution in [2.45, 2.75) is 18.7 Å². The van der Waals surface area contributed by atoms with Crippen LogP contribution in [0.5, 0.6) is 5.75 Å². The van der Waals surface area contributed by atoms with Crippen molar-refractivity contribution >= 4 is 66.4 Å². The number of sulfone groups is 1. The summed E-state index contributed by atoms with van der Waals surface area (Å²) in [4.78, 5) is 21.6. The fraction of sp³-hybridized carbons (Fsp3) is 0.364. The van der Waals surface area contributed by atoms with Crippen LogP contribution in [0.2, 0.25) is 5.02 Å². The largest absolute Gasteiger partial charge is 0.484 e. The molecule has 7 nitrogen and oxygen atoms in total. The molecule has 180 valence electrons. The molecule has 1 heterocycles. The second-order valence-corrected chi connectivity index (χ2v) is 10.6. The molecular formula is C22H27Cl2N3O4S2. The summed E-state index contributed by atoms with van der Waals surface area (Å²) in [6.45, 7) is 6.75. The van der Waals surface area contributed by atoms with Crippen LogP contribution in [0, 0.1) is 0 Å². The standard InChI is InChI=1S/C22H26ClN3O4S2.ClH/c1-4-25(5-2)13-14-26(20(27)15-30-17-11-9-16(23)10-12-17)22-24-21-18(31-22)7-6-8-19(21)32(3,28)29;/h6-12H,4-5,13-15H2,1-3H3;1H. The number of fused-ring (bicyclic) bond motifs is 1. The number of likely N-dealkylation sites (N-methyl/N-ethyl adjacent to an activating group) is 1. The first kappa shape index (κ1) is 27.3. The van der Waals surface area contributed by atoms with Crippen LogP contribution in [0.1, 0.15) is 13.8 Å². The van der Waals surface area contributed by atoms with Gasteiger partial charge in [-0.3, -0.25) is 9.69 Å². The van der Waals surface area contributed by atoms with Gasteiger partial charge in [0.25, 0.3) is 5.91 Å². The summed E-state index contributed by atoms with van der Waals surface area (Å²) in [5.41, 5.74) is 0.384. The van der Waals surface area contributed by atoms with Crippen LogP contribution in [0.4, 0.5) is 5.13 Å². The van der Waals surface area contributed by atoms with Crippen LogP contribution in [0.25, 0.3) is 10.2 Å². The van der Waals surface area contributed by atoms with Gasteiger partial charge >= 0.3 is 0 Å². The van der Waals surface area contributed by atoms with Crippen LogP contribution >= 0.6 is 35.3 Å². The van der Waals surface area contributed by atoms with Crippen molar-refractivity contribution in [3.8, 4) is 5.75 Å². The third-order valence-corrected chi connectivity index (χ3v) is 7.44. The molecule has 0 atom stereocenters. The van der Waals surface area contributed by atoms with E-state index in [9.17, 15) is 13.2 Å². The molecule has 1 aromatic heterocycles. The van der Waals surface area contributed by atoms with E-state index in [1.165, 1.54) is 17.4 Å². The zero-order chi connectivity index (χ0) is 23.3. The molecule has 0 N–H and O–H groups in total. The molecular weight excluding hydrogens is 505 g/mol. The Morgan fingerprint density at radius 1 is 1.09 bits per heavy atom. The van der Waals surface area contributed by atoms with Gasteiger partial charge < -0.3 is 9.64 Å². The lowest BCUT2D eigenvalue weighted by Crippen LogP contribution is -2.41. The van der Waals surface area contributed by atoms with Crippen molar-refractivity contribution in [1.29, 1.82) is 0 Å². The molecule has 0 fully saturated rings. The Hall–Kier alpha value is -1.91. The number of carbonyl (C=O) groups is 1. The molecule has 0 saturated carbocycles. The maximum Gasteiger partial charge on any atom is 0.266 e. The molecule has 0 bridgehead atoms. The lowest BCUT2D eigenvalue weighted by Gasteiger charge is -2.24. The van der Waals surface area contributed by atoms with Gasteiger partial charge in [-0.1, -0.05) is 42.9 Å². The minimum atomic E-state index is -3.45. The van der Waals surface area contributed by atoms with Gasteiger partial charge in [0.2, 0.25) is 0 Å². The predicted octanol–water partition coefficient (Wildman–Crippen LogP) is 4.53. The second-order valence-electron chi connectivity index (χ2n) is 7.19. The predicted molar refractivity (Wildman–Crippen MR) is 137 cm³/mol. The molecule has 0 aliphatic rings. The van der Waals surface area contributed by atoms with Crippen molar-refractivity contribution < 1.29 is 17.9 Å². The Bertz CT molecular complexity index is 1180. The summed E-state index contributed by atoms with van der Waals surface area (Å²) in [5.74, 6) is 0.280. The fourth-order valence-electron chi connectivity index (χ4n) is 3.19. The smallest absolute Gasteiger partial charge is 0.266 e. The summed E-state index contributed by atoms with van der Waals surface area (Å²) in [7, 11) is -3.45. The Morgan fingerprint density at radius 3 is 2.36 bits per heavy atom. The maximum absolute atomic E-state index is 13.1. The Kier molecular flexibility index (Phi) is 9.93. The quantitative estimate of drug-likeness (QED) is 0.382. The maximum atomic E-state index is 13.1. The van der Waals surface area contributed by atoms with Crippen molar-refractivity contribution in [3.63, 3.8) is 0 Å². The number of anilines is 1. The van der Waals surface area contributed by atoms with Gasteiger partial charge in [0.15, 0.2) is 21.6 Å². The molecule has 33 heavy (non-hydrogen) atoms. The molecule has 0 unspecified atom stereocenters. The average Bonchev–Trinajstić information content (AvgIpc) is 3.19. The first-order chi connectivity index (χ1) is 15.2. The molecule has 0 saturated heterocycles. The van der Waals surface area contributed by atoms with Crippen molar-refractivity contribution in [2.75, 3.05) is 43.9 Å². The Balaban J connectivity index is 0.00000385. The third kappa shape index (κ3) is 7.04. The molecule has 3 rings (SSSR count). The number of rotatable bonds is 10. The fourth-order valence-corrected chi connectivity index (χ4v) is 5.25. The molecule has 3 aromatic rings. The molecule has 0 aliphatic carbocycles. The van der Waals surface area contributed by atoms with Gasteiger partial charge in [0.05, 0.1) is 9.60 Å². The first-order valence-corrected chi connectivity index (χ1v) is 13.3. The normalized spacial score (nSPS) is 11.4. The number of thiazole rings is 1. The van der Waals surface area contributed by atoms with Gasteiger partial charge in [-0.05, 0) is 49.5 Å². The van der Waals surface area contributed by atoms with E-state index in [2.05, 4.69) is 23.7 Å². The number of amides is 1. The van der Waals surface area contributed by atoms with E-state index in [0.29, 0.717) is 39.2 Å². The number of aromatic nitrogens is 1. The summed E-state index contributed by atoms with van der Waals surface area (Å²) in [6, 6.07) is 11.8. The number of ether oxygens (including phenoxy) is 1. The average molecular weight is 533 g/mol. The number of nitrogens with zero attached hydrogens (tertiary/aromatic N) is 3. The van der Waals surface area contributed by atoms with Crippen LogP contribution in [-0.4, -0.2) is 63.3 Å². The highest BCUT2D eigenvalue weighted by Gasteiger charge is 2.23. The highest BCUT2D eigenvalue weighted by atomic mass is 35.5. The molecule has 0 aliphatic heterocycles. The zero-order valence-electron chi connectivity index (χ0n) is 18.7. The lowest BCUT2D eigenvalue weighted by atomic mass is 10.3. The van der Waals surface area contributed by atoms with Crippen molar-refractivity contribution in [1.82, 2.24) is 9.88 Å². The number of benzene rings is 2. The Labute approximate surface area is 209 Å². The Morgan fingerprint density at radius 2 is 1.76 bits per heavy atom. The van der Waals surface area contributed by atoms with Gasteiger partial charge in [-0.2, -0.15) is 0 Å². The van der Waals surface area contributed by atoms with Gasteiger partial charge in [-0.25, -0.2) is 13.4 Å². The summed E-state index contributed by atoms with van der Waals surface area (Å²) in [6.07, 6.45) is 1.16. The number of para-hydroxylation sites is 1. The van der Waals surface area contributed by atoms with Crippen LogP contribution in [-0.2, 0) is 14.6 Å². The van der Waals surface area contributed by atoms with Gasteiger partial charge in [0, 0.05) is 24.4 Å². The minimum Gasteiger partial charge on any atom is -0.484 e. The second kappa shape index (κ2) is 12.0. The van der Waals surface area contributed by atoms with E-state index < -0.39 is 9.84 Å². The third-order valence-electron chi connectivity index (χ3n) is 5.01. The molecule has 0 spiro atoms.